The number of esters is 1. The number of nitrogens with zero attached hydrogens (tertiary/aromatic N) is 1. The molecule has 2 N–H and O–H groups in total. The van der Waals surface area contributed by atoms with Crippen molar-refractivity contribution < 1.29 is 19.7 Å². The smallest absolute Gasteiger partial charge is 0.306 e. The van der Waals surface area contributed by atoms with Crippen LogP contribution in [0, 0.1) is 0 Å². The molecule has 1 atom stereocenters. The van der Waals surface area contributed by atoms with E-state index in [0.717, 1.165) is 5.56 Å². The molecule has 1 unspecified atom stereocenters. The third-order valence-corrected chi connectivity index (χ3v) is 3.38. The average Bonchev–Trinajstić information content (AvgIpc) is 2.54. The fourth-order valence-corrected chi connectivity index (χ4v) is 2.39. The Morgan fingerprint density at radius 3 is 2.41 bits per heavy atom. The van der Waals surface area contributed by atoms with Gasteiger partial charge in [-0.2, -0.15) is 0 Å². The second kappa shape index (κ2) is 11.0. The first kappa shape index (κ1) is 18.4. The molecule has 1 aromatic carbocycles. The summed E-state index contributed by atoms with van der Waals surface area (Å²) in [5.41, 5.74) is 1.06. The van der Waals surface area contributed by atoms with Crippen LogP contribution in [0.1, 0.15) is 24.4 Å². The largest absolute Gasteiger partial charge is 0.461 e. The Morgan fingerprint density at radius 1 is 1.23 bits per heavy atom. The first-order valence-electron chi connectivity index (χ1n) is 7.50. The minimum atomic E-state index is -0.270. The van der Waals surface area contributed by atoms with Crippen molar-refractivity contribution in [2.24, 2.45) is 0 Å². The van der Waals surface area contributed by atoms with Gasteiger partial charge in [-0.25, -0.2) is 0 Å². The molecule has 0 bridgehead atoms. The molecule has 1 aromatic rings. The number of aliphatic hydroxyl groups is 2. The van der Waals surface area contributed by atoms with Gasteiger partial charge in [0.2, 0.25) is 0 Å². The molecule has 5 nitrogen and oxygen atoms in total. The van der Waals surface area contributed by atoms with E-state index in [1.165, 1.54) is 6.08 Å². The number of ether oxygens (including phenoxy) is 1. The van der Waals surface area contributed by atoms with Gasteiger partial charge in [-0.15, -0.1) is 0 Å². The first-order valence-corrected chi connectivity index (χ1v) is 7.50. The summed E-state index contributed by atoms with van der Waals surface area (Å²) in [4.78, 5) is 13.7. The molecular formula is C17H25NO4. The summed E-state index contributed by atoms with van der Waals surface area (Å²) in [6, 6.07) is 9.74. The van der Waals surface area contributed by atoms with E-state index in [2.05, 4.69) is 6.58 Å². The van der Waals surface area contributed by atoms with Crippen LogP contribution in [0.15, 0.2) is 43.0 Å². The number of hydrogen-bond acceptors (Lipinski definition) is 5. The van der Waals surface area contributed by atoms with Crippen LogP contribution in [0.3, 0.4) is 0 Å². The third-order valence-electron chi connectivity index (χ3n) is 3.38. The van der Waals surface area contributed by atoms with E-state index < -0.39 is 0 Å². The second-order valence-corrected chi connectivity index (χ2v) is 4.92. The van der Waals surface area contributed by atoms with E-state index in [4.69, 9.17) is 4.74 Å². The minimum absolute atomic E-state index is 0.00421. The van der Waals surface area contributed by atoms with Crippen molar-refractivity contribution >= 4 is 5.97 Å². The number of hydrogen-bond donors (Lipinski definition) is 2. The Morgan fingerprint density at radius 2 is 1.86 bits per heavy atom. The maximum absolute atomic E-state index is 11.7. The summed E-state index contributed by atoms with van der Waals surface area (Å²) in [6.07, 6.45) is 2.39. The molecular weight excluding hydrogens is 282 g/mol. The van der Waals surface area contributed by atoms with Crippen molar-refractivity contribution in [2.45, 2.75) is 18.9 Å². The molecule has 0 fully saturated rings. The Bertz CT molecular complexity index is 430. The molecule has 0 aliphatic rings. The molecule has 0 aliphatic heterocycles. The van der Waals surface area contributed by atoms with Gasteiger partial charge in [0.1, 0.15) is 6.61 Å². The highest BCUT2D eigenvalue weighted by molar-refractivity contribution is 5.69. The summed E-state index contributed by atoms with van der Waals surface area (Å²) >= 11 is 0. The SMILES string of the molecule is C=CCOC(=O)CCC(c1ccccc1)N(CCO)CCO. The highest BCUT2D eigenvalue weighted by atomic mass is 16.5. The average molecular weight is 307 g/mol. The molecule has 22 heavy (non-hydrogen) atoms. The van der Waals surface area contributed by atoms with Crippen LogP contribution in [0.5, 0.6) is 0 Å². The maximum Gasteiger partial charge on any atom is 0.306 e. The fraction of sp³-hybridized carbons (Fsp3) is 0.471. The maximum atomic E-state index is 11.7. The molecule has 0 radical (unpaired) electrons. The van der Waals surface area contributed by atoms with Gasteiger partial charge in [0.15, 0.2) is 0 Å². The van der Waals surface area contributed by atoms with Gasteiger partial charge in [0, 0.05) is 25.6 Å². The van der Waals surface area contributed by atoms with Gasteiger partial charge in [0.25, 0.3) is 0 Å². The second-order valence-electron chi connectivity index (χ2n) is 4.92. The van der Waals surface area contributed by atoms with Gasteiger partial charge in [-0.3, -0.25) is 9.69 Å². The predicted molar refractivity (Wildman–Crippen MR) is 85.3 cm³/mol. The standard InChI is InChI=1S/C17H25NO4/c1-2-14-22-17(21)9-8-16(15-6-4-3-5-7-15)18(10-12-19)11-13-20/h2-7,16,19-20H,1,8-14H2. The lowest BCUT2D eigenvalue weighted by atomic mass is 10.00. The van der Waals surface area contributed by atoms with Gasteiger partial charge in [0.05, 0.1) is 13.2 Å². The molecule has 0 saturated heterocycles. The minimum Gasteiger partial charge on any atom is -0.461 e. The van der Waals surface area contributed by atoms with Crippen molar-refractivity contribution in [3.8, 4) is 0 Å². The van der Waals surface area contributed by atoms with Crippen LogP contribution in [-0.4, -0.2) is 54.0 Å². The molecule has 0 aromatic heterocycles. The molecule has 122 valence electrons. The lowest BCUT2D eigenvalue weighted by Crippen LogP contribution is -2.34. The summed E-state index contributed by atoms with van der Waals surface area (Å²) in [6.45, 7) is 4.63. The molecule has 0 heterocycles. The van der Waals surface area contributed by atoms with Gasteiger partial charge in [-0.1, -0.05) is 43.0 Å². The number of carbonyl (C=O) groups excluding carboxylic acids is 1. The summed E-state index contributed by atoms with van der Waals surface area (Å²) in [5.74, 6) is -0.270. The summed E-state index contributed by atoms with van der Waals surface area (Å²) in [7, 11) is 0. The van der Waals surface area contributed by atoms with Crippen LogP contribution in [0.4, 0.5) is 0 Å². The third kappa shape index (κ3) is 6.39. The van der Waals surface area contributed by atoms with E-state index in [1.807, 2.05) is 35.2 Å². The normalized spacial score (nSPS) is 12.1. The molecule has 0 spiro atoms. The Balaban J connectivity index is 2.77. The molecule has 0 amide bonds. The number of benzene rings is 1. The molecule has 0 saturated carbocycles. The topological polar surface area (TPSA) is 70.0 Å². The molecule has 1 rings (SSSR count). The highest BCUT2D eigenvalue weighted by Crippen LogP contribution is 2.25. The fourth-order valence-electron chi connectivity index (χ4n) is 2.39. The van der Waals surface area contributed by atoms with Crippen molar-refractivity contribution in [1.82, 2.24) is 4.90 Å². The van der Waals surface area contributed by atoms with Crippen molar-refractivity contribution in [2.75, 3.05) is 32.9 Å². The Kier molecular flexibility index (Phi) is 9.14. The zero-order valence-electron chi connectivity index (χ0n) is 12.9. The monoisotopic (exact) mass is 307 g/mol. The first-order chi connectivity index (χ1) is 10.7. The van der Waals surface area contributed by atoms with Gasteiger partial charge in [-0.05, 0) is 12.0 Å². The molecule has 5 heteroatoms. The van der Waals surface area contributed by atoms with Crippen LogP contribution in [0.25, 0.3) is 0 Å². The molecule has 0 aliphatic carbocycles. The lowest BCUT2D eigenvalue weighted by molar-refractivity contribution is -0.142. The van der Waals surface area contributed by atoms with E-state index >= 15 is 0 Å². The Hall–Kier alpha value is -1.69. The summed E-state index contributed by atoms with van der Waals surface area (Å²) in [5, 5.41) is 18.5. The zero-order chi connectivity index (χ0) is 16.2. The Labute approximate surface area is 131 Å². The number of carbonyl (C=O) groups is 1. The van der Waals surface area contributed by atoms with Crippen LogP contribution < -0.4 is 0 Å². The van der Waals surface area contributed by atoms with Crippen molar-refractivity contribution in [1.29, 1.82) is 0 Å². The lowest BCUT2D eigenvalue weighted by Gasteiger charge is -2.31. The number of aliphatic hydroxyl groups excluding tert-OH is 2. The summed E-state index contributed by atoms with van der Waals surface area (Å²) < 4.78 is 5.00. The predicted octanol–water partition coefficient (Wildman–Crippen LogP) is 1.52. The van der Waals surface area contributed by atoms with E-state index in [1.54, 1.807) is 0 Å². The quantitative estimate of drug-likeness (QED) is 0.479. The van der Waals surface area contributed by atoms with Crippen molar-refractivity contribution in [3.63, 3.8) is 0 Å². The van der Waals surface area contributed by atoms with Crippen LogP contribution in [0.2, 0.25) is 0 Å². The van der Waals surface area contributed by atoms with Gasteiger partial charge >= 0.3 is 5.97 Å². The van der Waals surface area contributed by atoms with E-state index in [9.17, 15) is 15.0 Å². The number of rotatable bonds is 11. The van der Waals surface area contributed by atoms with Crippen LogP contribution >= 0.6 is 0 Å². The highest BCUT2D eigenvalue weighted by Gasteiger charge is 2.21. The van der Waals surface area contributed by atoms with Crippen LogP contribution in [-0.2, 0) is 9.53 Å². The zero-order valence-corrected chi connectivity index (χ0v) is 12.9. The van der Waals surface area contributed by atoms with E-state index in [0.29, 0.717) is 19.5 Å². The van der Waals surface area contributed by atoms with Gasteiger partial charge < -0.3 is 14.9 Å². The van der Waals surface area contributed by atoms with E-state index in [-0.39, 0.29) is 38.3 Å². The van der Waals surface area contributed by atoms with Crippen molar-refractivity contribution in [3.05, 3.63) is 48.6 Å².